The number of hydrogen-bond acceptors (Lipinski definition) is 6. The molecule has 0 spiro atoms. The van der Waals surface area contributed by atoms with E-state index in [4.69, 9.17) is 21.9 Å². The molecule has 0 bridgehead atoms. The molecule has 0 saturated carbocycles. The zero-order chi connectivity index (χ0) is 13.0. The van der Waals surface area contributed by atoms with E-state index in [0.717, 1.165) is 0 Å². The van der Waals surface area contributed by atoms with Crippen LogP contribution in [0.25, 0.3) is 0 Å². The third-order valence-corrected chi connectivity index (χ3v) is 2.02. The van der Waals surface area contributed by atoms with Gasteiger partial charge >= 0.3 is 0 Å². The van der Waals surface area contributed by atoms with Crippen molar-refractivity contribution in [1.82, 2.24) is 0 Å². The molecule has 0 heterocycles. The molecule has 0 fully saturated rings. The van der Waals surface area contributed by atoms with Crippen molar-refractivity contribution in [1.29, 1.82) is 0 Å². The number of nitrogens with zero attached hydrogens (tertiary/aromatic N) is 4. The molecular formula is C8H18N6O2. The van der Waals surface area contributed by atoms with Crippen LogP contribution in [0.2, 0.25) is 0 Å². The first-order chi connectivity index (χ1) is 7.17. The summed E-state index contributed by atoms with van der Waals surface area (Å²) in [4.78, 5) is 0. The summed E-state index contributed by atoms with van der Waals surface area (Å²) < 4.78 is 0. The van der Waals surface area contributed by atoms with Gasteiger partial charge in [0.05, 0.1) is 0 Å². The van der Waals surface area contributed by atoms with Crippen LogP contribution >= 0.6 is 0 Å². The second kappa shape index (κ2) is 4.77. The molecule has 8 heteroatoms. The molecule has 8 nitrogen and oxygen atoms in total. The summed E-state index contributed by atoms with van der Waals surface area (Å²) >= 11 is 0. The van der Waals surface area contributed by atoms with E-state index < -0.39 is 11.1 Å². The number of hydrogen-bond donors (Lipinski definition) is 4. The van der Waals surface area contributed by atoms with Crippen molar-refractivity contribution in [2.75, 3.05) is 0 Å². The topological polar surface area (TPSA) is 142 Å². The first-order valence-electron chi connectivity index (χ1n) is 4.57. The van der Waals surface area contributed by atoms with Gasteiger partial charge in [0.15, 0.2) is 11.7 Å². The Balaban J connectivity index is 4.99. The smallest absolute Gasteiger partial charge is 0.168 e. The summed E-state index contributed by atoms with van der Waals surface area (Å²) in [5, 5.41) is 30.6. The highest BCUT2D eigenvalue weighted by molar-refractivity contribution is 5.90. The van der Waals surface area contributed by atoms with E-state index in [0.29, 0.717) is 0 Å². The molecule has 0 unspecified atom stereocenters. The molecule has 0 aliphatic rings. The van der Waals surface area contributed by atoms with Gasteiger partial charge in [0.1, 0.15) is 11.1 Å². The third kappa shape index (κ3) is 3.37. The Morgan fingerprint density at radius 3 is 1.25 bits per heavy atom. The second-order valence-corrected chi connectivity index (χ2v) is 4.29. The van der Waals surface area contributed by atoms with Crippen molar-refractivity contribution in [3.05, 3.63) is 0 Å². The van der Waals surface area contributed by atoms with Crippen LogP contribution in [0.15, 0.2) is 20.5 Å². The highest BCUT2D eigenvalue weighted by Crippen LogP contribution is 2.16. The average Bonchev–Trinajstić information content (AvgIpc) is 2.24. The maximum absolute atomic E-state index is 8.53. The maximum Gasteiger partial charge on any atom is 0.168 e. The lowest BCUT2D eigenvalue weighted by Gasteiger charge is -2.20. The lowest BCUT2D eigenvalue weighted by Crippen LogP contribution is -2.39. The van der Waals surface area contributed by atoms with Crippen LogP contribution in [0.1, 0.15) is 27.7 Å². The monoisotopic (exact) mass is 230 g/mol. The van der Waals surface area contributed by atoms with E-state index >= 15 is 0 Å². The zero-order valence-electron chi connectivity index (χ0n) is 9.84. The summed E-state index contributed by atoms with van der Waals surface area (Å²) in [5.41, 5.74) is 8.93. The molecule has 0 aromatic carbocycles. The van der Waals surface area contributed by atoms with Gasteiger partial charge < -0.3 is 21.9 Å². The molecule has 0 saturated heterocycles. The molecular weight excluding hydrogens is 212 g/mol. The van der Waals surface area contributed by atoms with Gasteiger partial charge in [0.25, 0.3) is 0 Å². The van der Waals surface area contributed by atoms with Gasteiger partial charge in [-0.1, -0.05) is 10.3 Å². The fourth-order valence-corrected chi connectivity index (χ4v) is 0.597. The normalized spacial score (nSPS) is 15.8. The van der Waals surface area contributed by atoms with Crippen molar-refractivity contribution in [3.63, 3.8) is 0 Å². The predicted molar refractivity (Wildman–Crippen MR) is 59.8 cm³/mol. The molecule has 0 aromatic heterocycles. The molecule has 6 N–H and O–H groups in total. The quantitative estimate of drug-likeness (QED) is 0.183. The van der Waals surface area contributed by atoms with Crippen LogP contribution in [0.3, 0.4) is 0 Å². The van der Waals surface area contributed by atoms with Crippen molar-refractivity contribution < 1.29 is 10.4 Å². The Labute approximate surface area is 93.7 Å². The fourth-order valence-electron chi connectivity index (χ4n) is 0.597. The molecule has 16 heavy (non-hydrogen) atoms. The van der Waals surface area contributed by atoms with Gasteiger partial charge in [-0.05, 0) is 27.7 Å². The molecule has 0 amide bonds. The van der Waals surface area contributed by atoms with Gasteiger partial charge in [-0.15, -0.1) is 0 Å². The Morgan fingerprint density at radius 1 is 0.812 bits per heavy atom. The third-order valence-electron chi connectivity index (χ3n) is 2.02. The van der Waals surface area contributed by atoms with E-state index in [2.05, 4.69) is 20.5 Å². The van der Waals surface area contributed by atoms with Crippen LogP contribution in [-0.2, 0) is 0 Å². The number of oxime groups is 2. The minimum atomic E-state index is -0.957. The molecule has 0 radical (unpaired) electrons. The van der Waals surface area contributed by atoms with Crippen LogP contribution in [0.4, 0.5) is 0 Å². The minimum Gasteiger partial charge on any atom is -0.409 e. The zero-order valence-corrected chi connectivity index (χ0v) is 9.84. The summed E-state index contributed by atoms with van der Waals surface area (Å²) in [6, 6.07) is 0. The number of rotatable bonds is 4. The summed E-state index contributed by atoms with van der Waals surface area (Å²) in [6.07, 6.45) is 0. The standard InChI is InChI=1S/C8H18N6O2/c1-7(2,5(9)11-15)13-14-8(3,4)6(10)12-16/h15-16H,1-4H3,(H2,9,11)(H2,10,12). The van der Waals surface area contributed by atoms with Gasteiger partial charge in [0.2, 0.25) is 0 Å². The molecule has 92 valence electrons. The van der Waals surface area contributed by atoms with Crippen molar-refractivity contribution in [2.24, 2.45) is 32.0 Å². The van der Waals surface area contributed by atoms with Crippen molar-refractivity contribution in [3.8, 4) is 0 Å². The van der Waals surface area contributed by atoms with Gasteiger partial charge in [0, 0.05) is 0 Å². The van der Waals surface area contributed by atoms with Gasteiger partial charge in [-0.2, -0.15) is 10.2 Å². The SMILES string of the molecule is CC(C)(N=NC(C)(C)C(N)=NO)C(N)=NO. The Morgan fingerprint density at radius 2 is 1.06 bits per heavy atom. The van der Waals surface area contributed by atoms with Crippen LogP contribution < -0.4 is 11.5 Å². The van der Waals surface area contributed by atoms with E-state index in [1.54, 1.807) is 27.7 Å². The fraction of sp³-hybridized carbons (Fsp3) is 0.750. The Hall–Kier alpha value is -1.86. The lowest BCUT2D eigenvalue weighted by atomic mass is 10.1. The van der Waals surface area contributed by atoms with Gasteiger partial charge in [-0.25, -0.2) is 0 Å². The van der Waals surface area contributed by atoms with Crippen LogP contribution in [-0.4, -0.2) is 33.2 Å². The summed E-state index contributed by atoms with van der Waals surface area (Å²) in [5.74, 6) is -0.155. The highest BCUT2D eigenvalue weighted by atomic mass is 16.4. The van der Waals surface area contributed by atoms with Crippen LogP contribution in [0, 0.1) is 0 Å². The van der Waals surface area contributed by atoms with Crippen LogP contribution in [0.5, 0.6) is 0 Å². The summed E-state index contributed by atoms with van der Waals surface area (Å²) in [7, 11) is 0. The van der Waals surface area contributed by atoms with E-state index in [-0.39, 0.29) is 11.7 Å². The molecule has 0 aromatic rings. The minimum absolute atomic E-state index is 0.0773. The maximum atomic E-state index is 8.53. The predicted octanol–water partition coefficient (Wildman–Crippen LogP) is 0.489. The average molecular weight is 230 g/mol. The van der Waals surface area contributed by atoms with Crippen molar-refractivity contribution in [2.45, 2.75) is 38.8 Å². The molecule has 0 aliphatic heterocycles. The second-order valence-electron chi connectivity index (χ2n) is 4.29. The molecule has 0 atom stereocenters. The van der Waals surface area contributed by atoms with Gasteiger partial charge in [-0.3, -0.25) is 0 Å². The summed E-state index contributed by atoms with van der Waals surface area (Å²) in [6.45, 7) is 6.48. The molecule has 0 rings (SSSR count). The number of azo groups is 1. The largest absolute Gasteiger partial charge is 0.409 e. The van der Waals surface area contributed by atoms with E-state index in [1.165, 1.54) is 0 Å². The first kappa shape index (κ1) is 14.1. The Bertz CT molecular complexity index is 299. The number of nitrogens with two attached hydrogens (primary N) is 2. The lowest BCUT2D eigenvalue weighted by molar-refractivity contribution is 0.310. The van der Waals surface area contributed by atoms with Crippen molar-refractivity contribution >= 4 is 11.7 Å². The van der Waals surface area contributed by atoms with E-state index in [1.807, 2.05) is 0 Å². The molecule has 0 aliphatic carbocycles. The number of amidine groups is 2. The van der Waals surface area contributed by atoms with E-state index in [9.17, 15) is 0 Å². The first-order valence-corrected chi connectivity index (χ1v) is 4.57. The Kier molecular flexibility index (Phi) is 4.22. The highest BCUT2D eigenvalue weighted by Gasteiger charge is 2.27.